The van der Waals surface area contributed by atoms with Crippen molar-refractivity contribution in [3.05, 3.63) is 0 Å². The lowest BCUT2D eigenvalue weighted by Crippen LogP contribution is -2.20. The summed E-state index contributed by atoms with van der Waals surface area (Å²) in [5.74, 6) is 3.18. The zero-order valence-corrected chi connectivity index (χ0v) is 11.8. The molecule has 0 N–H and O–H groups in total. The predicted octanol–water partition coefficient (Wildman–Crippen LogP) is 3.55. The lowest BCUT2D eigenvalue weighted by Gasteiger charge is -2.22. The Kier molecular flexibility index (Phi) is 7.37. The molecular weight excluding hydrogens is 240 g/mol. The fraction of sp³-hybridized carbons (Fsp3) is 0.917. The molecule has 2 atom stereocenters. The van der Waals surface area contributed by atoms with Gasteiger partial charge in [-0.25, -0.2) is 0 Å². The molecule has 1 aliphatic heterocycles. The maximum absolute atomic E-state index is 10.4. The highest BCUT2D eigenvalue weighted by Gasteiger charge is 2.25. The lowest BCUT2D eigenvalue weighted by molar-refractivity contribution is -0.134. The van der Waals surface area contributed by atoms with Crippen LogP contribution in [0.4, 0.5) is 0 Å². The predicted molar refractivity (Wildman–Crippen MR) is 72.9 cm³/mol. The van der Waals surface area contributed by atoms with Crippen LogP contribution in [-0.2, 0) is 9.53 Å². The first-order valence-electron chi connectivity index (χ1n) is 6.10. The summed E-state index contributed by atoms with van der Waals surface area (Å²) in [4.78, 5) is 10.4. The number of rotatable bonds is 8. The average molecular weight is 262 g/mol. The Labute approximate surface area is 107 Å². The number of hydrogen-bond donors (Lipinski definition) is 0. The Morgan fingerprint density at radius 1 is 1.44 bits per heavy atom. The number of ether oxygens (including phenoxy) is 1. The Hall–Kier alpha value is 0.170. The van der Waals surface area contributed by atoms with Crippen LogP contribution in [0.1, 0.15) is 39.5 Å². The van der Waals surface area contributed by atoms with Gasteiger partial charge in [-0.05, 0) is 18.8 Å². The summed E-state index contributed by atoms with van der Waals surface area (Å²) in [6.07, 6.45) is 4.48. The van der Waals surface area contributed by atoms with Crippen molar-refractivity contribution in [3.63, 3.8) is 0 Å². The van der Waals surface area contributed by atoms with Crippen LogP contribution in [0.15, 0.2) is 0 Å². The molecule has 0 aliphatic carbocycles. The largest absolute Gasteiger partial charge is 0.465 e. The van der Waals surface area contributed by atoms with Crippen molar-refractivity contribution in [2.45, 2.75) is 50.2 Å². The molecule has 0 aromatic rings. The van der Waals surface area contributed by atoms with Crippen molar-refractivity contribution in [1.82, 2.24) is 0 Å². The molecule has 1 fully saturated rings. The van der Waals surface area contributed by atoms with E-state index in [1.807, 2.05) is 0 Å². The summed E-state index contributed by atoms with van der Waals surface area (Å²) >= 11 is 4.11. The zero-order valence-electron chi connectivity index (χ0n) is 10.2. The van der Waals surface area contributed by atoms with Gasteiger partial charge < -0.3 is 4.74 Å². The van der Waals surface area contributed by atoms with E-state index in [0.29, 0.717) is 17.0 Å². The molecule has 4 heteroatoms. The highest BCUT2D eigenvalue weighted by Crippen LogP contribution is 2.39. The molecule has 0 amide bonds. The minimum absolute atomic E-state index is 0.134. The summed E-state index contributed by atoms with van der Waals surface area (Å²) in [6, 6.07) is 0. The molecule has 0 bridgehead atoms. The molecule has 1 rings (SSSR count). The van der Waals surface area contributed by atoms with E-state index < -0.39 is 0 Å². The van der Waals surface area contributed by atoms with Gasteiger partial charge >= 0.3 is 0 Å². The Bertz CT molecular complexity index is 193. The molecule has 0 aromatic heterocycles. The van der Waals surface area contributed by atoms with E-state index in [4.69, 9.17) is 4.74 Å². The summed E-state index contributed by atoms with van der Waals surface area (Å²) in [5.41, 5.74) is 0. The Morgan fingerprint density at radius 2 is 2.12 bits per heavy atom. The number of thioether (sulfide) groups is 2. The van der Waals surface area contributed by atoms with Gasteiger partial charge in [0.25, 0.3) is 6.47 Å². The standard InChI is InChI=1S/C12H22O2S2/c1-3-4-5-11(14-9-13)8-10(2)12-15-6-7-16-12/h9-12H,3-8H2,1-2H3. The molecule has 0 saturated carbocycles. The number of carbonyl (C=O) groups excluding carboxylic acids is 1. The van der Waals surface area contributed by atoms with Crippen LogP contribution in [0.3, 0.4) is 0 Å². The lowest BCUT2D eigenvalue weighted by atomic mass is 10.0. The van der Waals surface area contributed by atoms with Crippen molar-refractivity contribution in [3.8, 4) is 0 Å². The normalized spacial score (nSPS) is 20.6. The third-order valence-corrected chi connectivity index (χ3v) is 6.42. The van der Waals surface area contributed by atoms with Crippen LogP contribution >= 0.6 is 23.5 Å². The molecular formula is C12H22O2S2. The quantitative estimate of drug-likeness (QED) is 0.625. The molecule has 1 aliphatic rings. The molecule has 0 spiro atoms. The Balaban J connectivity index is 2.30. The maximum atomic E-state index is 10.4. The number of carbonyl (C=O) groups is 1. The summed E-state index contributed by atoms with van der Waals surface area (Å²) in [6.45, 7) is 5.06. The van der Waals surface area contributed by atoms with Crippen LogP contribution < -0.4 is 0 Å². The van der Waals surface area contributed by atoms with E-state index in [9.17, 15) is 4.79 Å². The topological polar surface area (TPSA) is 26.3 Å². The van der Waals surface area contributed by atoms with Crippen molar-refractivity contribution in [1.29, 1.82) is 0 Å². The van der Waals surface area contributed by atoms with Crippen molar-refractivity contribution in [2.24, 2.45) is 5.92 Å². The average Bonchev–Trinajstić information content (AvgIpc) is 2.79. The summed E-state index contributed by atoms with van der Waals surface area (Å²) < 4.78 is 5.88. The first-order chi connectivity index (χ1) is 7.77. The van der Waals surface area contributed by atoms with E-state index >= 15 is 0 Å². The van der Waals surface area contributed by atoms with Gasteiger partial charge in [-0.1, -0.05) is 26.7 Å². The molecule has 1 saturated heterocycles. The molecule has 0 radical (unpaired) electrons. The SMILES string of the molecule is CCCCC(CC(C)C1SCCS1)OC=O. The van der Waals surface area contributed by atoms with Crippen LogP contribution in [0, 0.1) is 5.92 Å². The van der Waals surface area contributed by atoms with E-state index in [1.165, 1.54) is 17.9 Å². The second-order valence-electron chi connectivity index (χ2n) is 4.32. The van der Waals surface area contributed by atoms with E-state index in [2.05, 4.69) is 37.4 Å². The van der Waals surface area contributed by atoms with Crippen LogP contribution in [0.25, 0.3) is 0 Å². The van der Waals surface area contributed by atoms with E-state index in [1.54, 1.807) is 0 Å². The minimum atomic E-state index is 0.134. The fourth-order valence-electron chi connectivity index (χ4n) is 1.98. The highest BCUT2D eigenvalue weighted by molar-refractivity contribution is 8.20. The number of hydrogen-bond acceptors (Lipinski definition) is 4. The number of unbranched alkanes of at least 4 members (excludes halogenated alkanes) is 1. The van der Waals surface area contributed by atoms with Gasteiger partial charge in [0.05, 0.1) is 4.58 Å². The summed E-state index contributed by atoms with van der Waals surface area (Å²) in [5, 5.41) is 0. The van der Waals surface area contributed by atoms with Crippen LogP contribution in [-0.4, -0.2) is 28.7 Å². The van der Waals surface area contributed by atoms with Crippen LogP contribution in [0.2, 0.25) is 0 Å². The highest BCUT2D eigenvalue weighted by atomic mass is 32.2. The molecule has 0 aromatic carbocycles. The van der Waals surface area contributed by atoms with Gasteiger partial charge in [0.15, 0.2) is 0 Å². The van der Waals surface area contributed by atoms with Crippen molar-refractivity contribution in [2.75, 3.05) is 11.5 Å². The Morgan fingerprint density at radius 3 is 2.69 bits per heavy atom. The fourth-order valence-corrected chi connectivity index (χ4v) is 5.06. The molecule has 2 nitrogen and oxygen atoms in total. The second-order valence-corrected chi connectivity index (χ2v) is 7.12. The van der Waals surface area contributed by atoms with Gasteiger partial charge in [0, 0.05) is 11.5 Å². The molecule has 94 valence electrons. The smallest absolute Gasteiger partial charge is 0.293 e. The van der Waals surface area contributed by atoms with E-state index in [-0.39, 0.29) is 6.10 Å². The second kappa shape index (κ2) is 8.29. The van der Waals surface area contributed by atoms with Crippen molar-refractivity contribution < 1.29 is 9.53 Å². The van der Waals surface area contributed by atoms with Gasteiger partial charge in [-0.3, -0.25) is 4.79 Å². The minimum Gasteiger partial charge on any atom is -0.465 e. The maximum Gasteiger partial charge on any atom is 0.293 e. The summed E-state index contributed by atoms with van der Waals surface area (Å²) in [7, 11) is 0. The first-order valence-corrected chi connectivity index (χ1v) is 8.20. The molecule has 2 unspecified atom stereocenters. The van der Waals surface area contributed by atoms with E-state index in [0.717, 1.165) is 19.3 Å². The molecule has 16 heavy (non-hydrogen) atoms. The van der Waals surface area contributed by atoms with Crippen molar-refractivity contribution >= 4 is 30.0 Å². The third kappa shape index (κ3) is 5.00. The zero-order chi connectivity index (χ0) is 11.8. The van der Waals surface area contributed by atoms with Gasteiger partial charge in [-0.15, -0.1) is 23.5 Å². The molecule has 1 heterocycles. The van der Waals surface area contributed by atoms with Gasteiger partial charge in [0.1, 0.15) is 6.10 Å². The van der Waals surface area contributed by atoms with Gasteiger partial charge in [-0.2, -0.15) is 0 Å². The monoisotopic (exact) mass is 262 g/mol. The van der Waals surface area contributed by atoms with Crippen LogP contribution in [0.5, 0.6) is 0 Å². The third-order valence-electron chi connectivity index (χ3n) is 2.87. The first kappa shape index (κ1) is 14.2. The van der Waals surface area contributed by atoms with Gasteiger partial charge in [0.2, 0.25) is 0 Å².